The van der Waals surface area contributed by atoms with Crippen molar-refractivity contribution in [1.29, 1.82) is 0 Å². The van der Waals surface area contributed by atoms with E-state index in [1.807, 2.05) is 0 Å². The zero-order chi connectivity index (χ0) is 32.6. The van der Waals surface area contributed by atoms with Crippen molar-refractivity contribution in [3.8, 4) is 0 Å². The maximum atomic E-state index is 10.9. The van der Waals surface area contributed by atoms with Gasteiger partial charge in [0.2, 0.25) is 0 Å². The minimum absolute atomic E-state index is 0.0225. The van der Waals surface area contributed by atoms with Gasteiger partial charge >= 0.3 is 0 Å². The molecule has 4 rings (SSSR count). The molecule has 3 fully saturated rings. The quantitative estimate of drug-likeness (QED) is 0.103. The van der Waals surface area contributed by atoms with Crippen molar-refractivity contribution in [2.45, 2.75) is 123 Å². The fraction of sp³-hybridized carbons (Fsp3) is 0.920. The van der Waals surface area contributed by atoms with E-state index in [2.05, 4.69) is 5.32 Å². The minimum atomic E-state index is -1.93. The minimum Gasteiger partial charge on any atom is -0.394 e. The van der Waals surface area contributed by atoms with Crippen LogP contribution in [0.5, 0.6) is 0 Å². The van der Waals surface area contributed by atoms with E-state index in [4.69, 9.17) is 23.7 Å². The lowest BCUT2D eigenvalue weighted by molar-refractivity contribution is -0.373. The molecule has 3 heterocycles. The van der Waals surface area contributed by atoms with E-state index in [1.165, 1.54) is 13.0 Å². The van der Waals surface area contributed by atoms with E-state index >= 15 is 0 Å². The molecule has 0 radical (unpaired) electrons. The Kier molecular flexibility index (Phi) is 12.1. The molecule has 3 aliphatic heterocycles. The van der Waals surface area contributed by atoms with Gasteiger partial charge in [0.15, 0.2) is 18.9 Å². The Morgan fingerprint density at radius 2 is 1.16 bits per heavy atom. The van der Waals surface area contributed by atoms with Crippen LogP contribution < -0.4 is 5.32 Å². The summed E-state index contributed by atoms with van der Waals surface area (Å²) in [6, 6.07) is -2.17. The first-order valence-corrected chi connectivity index (χ1v) is 14.1. The SMILES string of the molecule is C[C@H]1O[C@@H](O[C@@H]2[C@@H](O)[C@H](O)[C@@H](O[C@H]3[C@@H](O)[C@@H](O)[C@H](O)O[C@H]3CO)O[C@H]2CO)[C@H](O)[C@H](O)[C@@H]1N[C@@H]1C=C(CO)[C@@H](O)[C@H](O)[C@@H]1O. The van der Waals surface area contributed by atoms with Gasteiger partial charge in [0, 0.05) is 0 Å². The lowest BCUT2D eigenvalue weighted by Crippen LogP contribution is -2.68. The molecule has 0 amide bonds. The van der Waals surface area contributed by atoms with E-state index in [0.717, 1.165) is 0 Å². The third-order valence-corrected chi connectivity index (χ3v) is 8.48. The van der Waals surface area contributed by atoms with Gasteiger partial charge in [0.05, 0.1) is 38.0 Å². The maximum absolute atomic E-state index is 10.9. The van der Waals surface area contributed by atoms with Gasteiger partial charge in [-0.3, -0.25) is 0 Å². The molecule has 14 N–H and O–H groups in total. The number of hydrogen-bond donors (Lipinski definition) is 14. The summed E-state index contributed by atoms with van der Waals surface area (Å²) in [6.07, 6.45) is -26.6. The number of hydrogen-bond acceptors (Lipinski definition) is 19. The molecule has 0 aromatic rings. The molecular formula is C25H43NO18. The van der Waals surface area contributed by atoms with Gasteiger partial charge in [-0.15, -0.1) is 0 Å². The van der Waals surface area contributed by atoms with E-state index in [0.29, 0.717) is 0 Å². The normalized spacial score (nSPS) is 52.0. The highest BCUT2D eigenvalue weighted by molar-refractivity contribution is 5.22. The lowest BCUT2D eigenvalue weighted by Gasteiger charge is -2.48. The Morgan fingerprint density at radius 1 is 0.636 bits per heavy atom. The lowest BCUT2D eigenvalue weighted by atomic mass is 9.86. The topological polar surface area (TPSA) is 321 Å². The van der Waals surface area contributed by atoms with Crippen LogP contribution >= 0.6 is 0 Å². The van der Waals surface area contributed by atoms with Crippen LogP contribution in [0, 0.1) is 0 Å². The van der Waals surface area contributed by atoms with E-state index < -0.39 is 136 Å². The highest BCUT2D eigenvalue weighted by Gasteiger charge is 2.53. The fourth-order valence-corrected chi connectivity index (χ4v) is 5.81. The summed E-state index contributed by atoms with van der Waals surface area (Å²) in [5.41, 5.74) is 0.0225. The summed E-state index contributed by atoms with van der Waals surface area (Å²) < 4.78 is 27.4. The first-order valence-electron chi connectivity index (χ1n) is 14.1. The van der Waals surface area contributed by atoms with E-state index in [1.54, 1.807) is 0 Å². The Hall–Kier alpha value is -1.02. The monoisotopic (exact) mass is 645 g/mol. The van der Waals surface area contributed by atoms with Gasteiger partial charge in [-0.1, -0.05) is 6.08 Å². The highest BCUT2D eigenvalue weighted by Crippen LogP contribution is 2.32. The molecule has 44 heavy (non-hydrogen) atoms. The molecule has 4 aliphatic rings. The molecule has 256 valence electrons. The third-order valence-electron chi connectivity index (χ3n) is 8.48. The van der Waals surface area contributed by atoms with Gasteiger partial charge in [-0.25, -0.2) is 0 Å². The molecule has 19 atom stereocenters. The van der Waals surface area contributed by atoms with Crippen LogP contribution in [-0.4, -0.2) is 203 Å². The number of aliphatic hydroxyl groups is 13. The van der Waals surface area contributed by atoms with Gasteiger partial charge in [-0.05, 0) is 12.5 Å². The van der Waals surface area contributed by atoms with Crippen LogP contribution in [0.4, 0.5) is 0 Å². The molecule has 0 unspecified atom stereocenters. The van der Waals surface area contributed by atoms with Crippen molar-refractivity contribution in [2.75, 3.05) is 19.8 Å². The second kappa shape index (κ2) is 14.8. The molecule has 0 bridgehead atoms. The van der Waals surface area contributed by atoms with Crippen LogP contribution in [0.15, 0.2) is 11.6 Å². The fourth-order valence-electron chi connectivity index (χ4n) is 5.81. The Bertz CT molecular complexity index is 958. The molecule has 0 aromatic heterocycles. The Morgan fingerprint density at radius 3 is 1.73 bits per heavy atom. The van der Waals surface area contributed by atoms with Crippen LogP contribution in [0.2, 0.25) is 0 Å². The van der Waals surface area contributed by atoms with Crippen LogP contribution in [0.3, 0.4) is 0 Å². The van der Waals surface area contributed by atoms with Crippen LogP contribution in [-0.2, 0) is 23.7 Å². The molecular weight excluding hydrogens is 602 g/mol. The first-order chi connectivity index (χ1) is 20.7. The number of aliphatic hydroxyl groups excluding tert-OH is 13. The summed E-state index contributed by atoms with van der Waals surface area (Å²) in [5.74, 6) is 0. The third kappa shape index (κ3) is 6.96. The standard InChI is InChI=1S/C25H43NO18/c1-6-11(26-8-2-7(3-27)12(30)15(33)13(8)31)14(32)19(37)24(40-6)43-22-10(5-29)42-25(20(38)17(22)35)44-21-9(4-28)41-23(39)18(36)16(21)34/h2,6,8-39H,3-5H2,1H3/t6-,8-,9+,10+,11-,12-,13-,14-,15+,16+,17+,18-,19-,20+,21-,22+,23-,24+,25-/m1/s1. The molecule has 0 saturated carbocycles. The van der Waals surface area contributed by atoms with Gasteiger partial charge in [0.1, 0.15) is 79.4 Å². The van der Waals surface area contributed by atoms with E-state index in [-0.39, 0.29) is 5.57 Å². The Balaban J connectivity index is 1.42. The summed E-state index contributed by atoms with van der Waals surface area (Å²) in [4.78, 5) is 0. The number of ether oxygens (including phenoxy) is 5. The highest BCUT2D eigenvalue weighted by atomic mass is 16.7. The van der Waals surface area contributed by atoms with Crippen molar-refractivity contribution in [1.82, 2.24) is 5.32 Å². The zero-order valence-corrected chi connectivity index (χ0v) is 23.5. The Labute approximate surface area is 250 Å². The van der Waals surface area contributed by atoms with E-state index in [9.17, 15) is 66.4 Å². The predicted molar refractivity (Wildman–Crippen MR) is 138 cm³/mol. The van der Waals surface area contributed by atoms with Gasteiger partial charge < -0.3 is 95.4 Å². The van der Waals surface area contributed by atoms with Crippen molar-refractivity contribution in [3.05, 3.63) is 11.6 Å². The van der Waals surface area contributed by atoms with Gasteiger partial charge in [-0.2, -0.15) is 0 Å². The van der Waals surface area contributed by atoms with Crippen molar-refractivity contribution >= 4 is 0 Å². The number of rotatable bonds is 9. The summed E-state index contributed by atoms with van der Waals surface area (Å²) in [7, 11) is 0. The molecule has 1 aliphatic carbocycles. The number of nitrogens with one attached hydrogen (secondary N) is 1. The molecule has 0 aromatic carbocycles. The summed E-state index contributed by atoms with van der Waals surface area (Å²) >= 11 is 0. The average molecular weight is 646 g/mol. The summed E-state index contributed by atoms with van der Waals surface area (Å²) in [5, 5.41) is 136. The largest absolute Gasteiger partial charge is 0.394 e. The van der Waals surface area contributed by atoms with Crippen molar-refractivity contribution in [3.63, 3.8) is 0 Å². The van der Waals surface area contributed by atoms with Crippen LogP contribution in [0.1, 0.15) is 6.92 Å². The summed E-state index contributed by atoms with van der Waals surface area (Å²) in [6.45, 7) is -0.753. The smallest absolute Gasteiger partial charge is 0.187 e. The zero-order valence-electron chi connectivity index (χ0n) is 23.5. The van der Waals surface area contributed by atoms with Gasteiger partial charge in [0.25, 0.3) is 0 Å². The first kappa shape index (κ1) is 35.8. The second-order valence-electron chi connectivity index (χ2n) is 11.4. The predicted octanol–water partition coefficient (Wildman–Crippen LogP) is -8.56. The van der Waals surface area contributed by atoms with Crippen molar-refractivity contribution < 1.29 is 90.1 Å². The molecule has 19 nitrogen and oxygen atoms in total. The molecule has 19 heteroatoms. The maximum Gasteiger partial charge on any atom is 0.187 e. The molecule has 0 spiro atoms. The average Bonchev–Trinajstić information content (AvgIpc) is 3.00. The van der Waals surface area contributed by atoms with Crippen molar-refractivity contribution in [2.24, 2.45) is 0 Å². The molecule has 3 saturated heterocycles. The van der Waals surface area contributed by atoms with Crippen LogP contribution in [0.25, 0.3) is 0 Å². The second-order valence-corrected chi connectivity index (χ2v) is 11.4.